The minimum atomic E-state index is -3.61. The van der Waals surface area contributed by atoms with Crippen LogP contribution in [0.5, 0.6) is 17.4 Å². The summed E-state index contributed by atoms with van der Waals surface area (Å²) in [6.45, 7) is 0.175. The van der Waals surface area contributed by atoms with Gasteiger partial charge in [0.2, 0.25) is 15.9 Å². The fourth-order valence-electron chi connectivity index (χ4n) is 3.03. The third kappa shape index (κ3) is 5.17. The van der Waals surface area contributed by atoms with Crippen molar-refractivity contribution in [3.8, 4) is 28.8 Å². The van der Waals surface area contributed by atoms with Gasteiger partial charge in [0, 0.05) is 21.7 Å². The van der Waals surface area contributed by atoms with Gasteiger partial charge in [-0.05, 0) is 71.1 Å². The topological polar surface area (TPSA) is 117 Å². The van der Waals surface area contributed by atoms with Gasteiger partial charge in [-0.15, -0.1) is 15.3 Å². The first-order chi connectivity index (χ1) is 15.9. The number of fused-ring (bicyclic) bond motifs is 1. The molecular formula is C21H20IN5O5S. The highest BCUT2D eigenvalue weighted by Crippen LogP contribution is 2.31. The van der Waals surface area contributed by atoms with E-state index < -0.39 is 10.0 Å². The van der Waals surface area contributed by atoms with Crippen LogP contribution in [0.1, 0.15) is 0 Å². The minimum absolute atomic E-state index is 0.0821. The maximum absolute atomic E-state index is 12.4. The normalized spacial score (nSPS) is 11.5. The quantitative estimate of drug-likeness (QED) is 0.237. The first-order valence-corrected chi connectivity index (χ1v) is 12.3. The van der Waals surface area contributed by atoms with E-state index in [0.717, 1.165) is 9.13 Å². The summed E-state index contributed by atoms with van der Waals surface area (Å²) >= 11 is 2.12. The number of benzene rings is 2. The molecular weight excluding hydrogens is 561 g/mol. The third-order valence-electron chi connectivity index (χ3n) is 4.65. The molecule has 12 heteroatoms. The molecule has 1 N–H and O–H groups in total. The average Bonchev–Trinajstić information content (AvgIpc) is 3.25. The Morgan fingerprint density at radius 1 is 0.970 bits per heavy atom. The van der Waals surface area contributed by atoms with Crippen LogP contribution in [0.4, 0.5) is 0 Å². The second-order valence-electron chi connectivity index (χ2n) is 6.74. The van der Waals surface area contributed by atoms with Crippen molar-refractivity contribution in [2.75, 3.05) is 27.4 Å². The first kappa shape index (κ1) is 23.2. The van der Waals surface area contributed by atoms with E-state index in [9.17, 15) is 8.42 Å². The van der Waals surface area contributed by atoms with Gasteiger partial charge in [0.05, 0.1) is 19.1 Å². The molecule has 0 radical (unpaired) electrons. The van der Waals surface area contributed by atoms with Crippen molar-refractivity contribution in [1.82, 2.24) is 24.5 Å². The molecule has 4 rings (SSSR count). The van der Waals surface area contributed by atoms with E-state index in [2.05, 4.69) is 42.6 Å². The smallest absolute Gasteiger partial charge is 0.240 e. The SMILES string of the molecule is COc1ccc(-c2nnc3ccc(OCCNS(=O)(=O)c4ccc(I)cc4)nn23)cc1OC. The van der Waals surface area contributed by atoms with Gasteiger partial charge in [-0.1, -0.05) is 0 Å². The molecule has 0 saturated carbocycles. The molecule has 10 nitrogen and oxygen atoms in total. The van der Waals surface area contributed by atoms with E-state index in [-0.39, 0.29) is 18.0 Å². The van der Waals surface area contributed by atoms with Crippen LogP contribution < -0.4 is 18.9 Å². The fraction of sp³-hybridized carbons (Fsp3) is 0.190. The Morgan fingerprint density at radius 3 is 2.45 bits per heavy atom. The average molecular weight is 581 g/mol. The van der Waals surface area contributed by atoms with Gasteiger partial charge < -0.3 is 14.2 Å². The number of hydrogen-bond donors (Lipinski definition) is 1. The fourth-order valence-corrected chi connectivity index (χ4v) is 4.41. The number of rotatable bonds is 9. The Balaban J connectivity index is 1.46. The lowest BCUT2D eigenvalue weighted by Crippen LogP contribution is -2.28. The van der Waals surface area contributed by atoms with Gasteiger partial charge in [0.1, 0.15) is 6.61 Å². The predicted molar refractivity (Wildman–Crippen MR) is 129 cm³/mol. The second kappa shape index (κ2) is 9.89. The van der Waals surface area contributed by atoms with E-state index in [1.54, 1.807) is 67.3 Å². The zero-order chi connectivity index (χ0) is 23.4. The van der Waals surface area contributed by atoms with E-state index >= 15 is 0 Å². The number of methoxy groups -OCH3 is 2. The summed E-state index contributed by atoms with van der Waals surface area (Å²) in [4.78, 5) is 0.200. The van der Waals surface area contributed by atoms with Crippen LogP contribution >= 0.6 is 22.6 Å². The largest absolute Gasteiger partial charge is 0.493 e. The number of aromatic nitrogens is 4. The van der Waals surface area contributed by atoms with Gasteiger partial charge in [-0.25, -0.2) is 13.1 Å². The second-order valence-corrected chi connectivity index (χ2v) is 9.75. The number of nitrogens with zero attached hydrogens (tertiary/aromatic N) is 4. The Labute approximate surface area is 204 Å². The highest BCUT2D eigenvalue weighted by atomic mass is 127. The van der Waals surface area contributed by atoms with Crippen LogP contribution in [-0.4, -0.2) is 55.6 Å². The molecule has 0 saturated heterocycles. The zero-order valence-corrected chi connectivity index (χ0v) is 20.7. The molecule has 33 heavy (non-hydrogen) atoms. The standard InChI is InChI=1S/C21H20IN5O5S/c1-30-17-8-3-14(13-18(17)31-2)21-25-24-19-9-10-20(26-27(19)21)32-12-11-23-33(28,29)16-6-4-15(22)5-7-16/h3-10,13,23H,11-12H2,1-2H3. The Kier molecular flexibility index (Phi) is 6.95. The molecule has 4 aromatic rings. The molecule has 2 aromatic heterocycles. The maximum Gasteiger partial charge on any atom is 0.240 e. The van der Waals surface area contributed by atoms with E-state index in [1.807, 2.05) is 6.07 Å². The van der Waals surface area contributed by atoms with Gasteiger partial charge >= 0.3 is 0 Å². The zero-order valence-electron chi connectivity index (χ0n) is 17.7. The number of nitrogens with one attached hydrogen (secondary N) is 1. The van der Waals surface area contributed by atoms with E-state index in [0.29, 0.717) is 28.9 Å². The van der Waals surface area contributed by atoms with Gasteiger partial charge in [0.25, 0.3) is 0 Å². The summed E-state index contributed by atoms with van der Waals surface area (Å²) in [5, 5.41) is 12.8. The lowest BCUT2D eigenvalue weighted by Gasteiger charge is -2.09. The summed E-state index contributed by atoms with van der Waals surface area (Å²) < 4.78 is 46.0. The summed E-state index contributed by atoms with van der Waals surface area (Å²) in [6, 6.07) is 15.3. The minimum Gasteiger partial charge on any atom is -0.493 e. The highest BCUT2D eigenvalue weighted by molar-refractivity contribution is 14.1. The van der Waals surface area contributed by atoms with Crippen LogP contribution in [0.2, 0.25) is 0 Å². The molecule has 0 amide bonds. The molecule has 0 atom stereocenters. The van der Waals surface area contributed by atoms with Crippen molar-refractivity contribution < 1.29 is 22.6 Å². The Morgan fingerprint density at radius 2 is 1.73 bits per heavy atom. The maximum atomic E-state index is 12.4. The van der Waals surface area contributed by atoms with E-state index in [1.165, 1.54) is 0 Å². The van der Waals surface area contributed by atoms with Crippen molar-refractivity contribution in [2.24, 2.45) is 0 Å². The van der Waals surface area contributed by atoms with Crippen molar-refractivity contribution in [3.05, 3.63) is 58.2 Å². The third-order valence-corrected chi connectivity index (χ3v) is 6.84. The predicted octanol–water partition coefficient (Wildman–Crippen LogP) is 2.77. The monoisotopic (exact) mass is 581 g/mol. The number of hydrogen-bond acceptors (Lipinski definition) is 8. The number of halogens is 1. The molecule has 0 spiro atoms. The van der Waals surface area contributed by atoms with Gasteiger partial charge in [-0.3, -0.25) is 0 Å². The van der Waals surface area contributed by atoms with Gasteiger partial charge in [-0.2, -0.15) is 4.52 Å². The molecule has 172 valence electrons. The summed E-state index contributed by atoms with van der Waals surface area (Å²) in [5.74, 6) is 1.95. The molecule has 0 bridgehead atoms. The van der Waals surface area contributed by atoms with Crippen molar-refractivity contribution in [3.63, 3.8) is 0 Å². The summed E-state index contributed by atoms with van der Waals surface area (Å²) in [5.41, 5.74) is 1.27. The van der Waals surface area contributed by atoms with Crippen LogP contribution in [0.25, 0.3) is 17.0 Å². The van der Waals surface area contributed by atoms with E-state index in [4.69, 9.17) is 14.2 Å². The van der Waals surface area contributed by atoms with Crippen molar-refractivity contribution in [2.45, 2.75) is 4.90 Å². The number of ether oxygens (including phenoxy) is 3. The summed E-state index contributed by atoms with van der Waals surface area (Å²) in [7, 11) is -0.492. The molecule has 0 aliphatic carbocycles. The molecule has 0 unspecified atom stereocenters. The Bertz CT molecular complexity index is 1380. The molecule has 0 fully saturated rings. The summed E-state index contributed by atoms with van der Waals surface area (Å²) in [6.07, 6.45) is 0. The van der Waals surface area contributed by atoms with Gasteiger partial charge in [0.15, 0.2) is 23.0 Å². The molecule has 2 heterocycles. The highest BCUT2D eigenvalue weighted by Gasteiger charge is 2.15. The van der Waals surface area contributed by atoms with Crippen molar-refractivity contribution in [1.29, 1.82) is 0 Å². The number of sulfonamides is 1. The van der Waals surface area contributed by atoms with Crippen LogP contribution in [0.3, 0.4) is 0 Å². The van der Waals surface area contributed by atoms with Crippen LogP contribution in [0, 0.1) is 3.57 Å². The lowest BCUT2D eigenvalue weighted by atomic mass is 10.2. The molecule has 0 aliphatic rings. The van der Waals surface area contributed by atoms with Crippen molar-refractivity contribution >= 4 is 38.3 Å². The van der Waals surface area contributed by atoms with Crippen LogP contribution in [-0.2, 0) is 10.0 Å². The first-order valence-electron chi connectivity index (χ1n) is 9.74. The molecule has 2 aromatic carbocycles. The molecule has 0 aliphatic heterocycles. The Hall–Kier alpha value is -2.97. The lowest BCUT2D eigenvalue weighted by molar-refractivity contribution is 0.306. The van der Waals surface area contributed by atoms with Crippen LogP contribution in [0.15, 0.2) is 59.5 Å².